The van der Waals surface area contributed by atoms with Crippen molar-refractivity contribution in [3.63, 3.8) is 0 Å². The van der Waals surface area contributed by atoms with E-state index in [9.17, 15) is 4.79 Å². The molecule has 1 amide bonds. The number of ether oxygens (including phenoxy) is 2. The van der Waals surface area contributed by atoms with Crippen molar-refractivity contribution in [2.45, 2.75) is 0 Å². The Balaban J connectivity index is 1.52. The predicted molar refractivity (Wildman–Crippen MR) is 102 cm³/mol. The van der Waals surface area contributed by atoms with Crippen LogP contribution in [0.15, 0.2) is 55.1 Å². The van der Waals surface area contributed by atoms with Crippen molar-refractivity contribution in [3.8, 4) is 17.3 Å². The molecule has 0 spiro atoms. The van der Waals surface area contributed by atoms with Crippen LogP contribution >= 0.6 is 0 Å². The normalized spacial score (nSPS) is 10.3. The molecule has 0 atom stereocenters. The van der Waals surface area contributed by atoms with Crippen LogP contribution in [0.5, 0.6) is 11.5 Å². The second kappa shape index (κ2) is 8.70. The van der Waals surface area contributed by atoms with Gasteiger partial charge in [-0.25, -0.2) is 9.97 Å². The number of hydrogen-bond acceptors (Lipinski definition) is 6. The third kappa shape index (κ3) is 4.55. The van der Waals surface area contributed by atoms with Gasteiger partial charge in [-0.05, 0) is 30.3 Å². The van der Waals surface area contributed by atoms with E-state index in [1.807, 2.05) is 35.2 Å². The molecule has 0 aliphatic rings. The van der Waals surface area contributed by atoms with E-state index in [1.165, 1.54) is 13.4 Å². The predicted octanol–water partition coefficient (Wildman–Crippen LogP) is 2.13. The van der Waals surface area contributed by atoms with Gasteiger partial charge < -0.3 is 24.7 Å². The second-order valence-corrected chi connectivity index (χ2v) is 5.60. The lowest BCUT2D eigenvalue weighted by molar-refractivity contribution is 0.0954. The van der Waals surface area contributed by atoms with Crippen LogP contribution in [-0.2, 0) is 0 Å². The molecule has 0 saturated carbocycles. The molecule has 2 heterocycles. The van der Waals surface area contributed by atoms with E-state index >= 15 is 0 Å². The van der Waals surface area contributed by atoms with Crippen molar-refractivity contribution in [2.75, 3.05) is 32.6 Å². The standard InChI is InChI=1S/C19H21N5O3/c1-26-15-6-5-14(11-16(15)27-2)19(25)21-8-7-20-17-12-18(23-13-22-17)24-9-3-4-10-24/h3-6,9-13H,7-8H2,1-2H3,(H,21,25)(H,20,22,23). The van der Waals surface area contributed by atoms with Gasteiger partial charge in [-0.15, -0.1) is 0 Å². The van der Waals surface area contributed by atoms with E-state index in [2.05, 4.69) is 20.6 Å². The van der Waals surface area contributed by atoms with Crippen molar-refractivity contribution in [1.29, 1.82) is 0 Å². The summed E-state index contributed by atoms with van der Waals surface area (Å²) in [6.45, 7) is 0.969. The highest BCUT2D eigenvalue weighted by molar-refractivity contribution is 5.94. The fourth-order valence-electron chi connectivity index (χ4n) is 2.52. The molecule has 0 aliphatic carbocycles. The number of carbonyl (C=O) groups excluding carboxylic acids is 1. The molecular weight excluding hydrogens is 346 g/mol. The zero-order valence-electron chi connectivity index (χ0n) is 15.2. The fourth-order valence-corrected chi connectivity index (χ4v) is 2.52. The maximum Gasteiger partial charge on any atom is 0.251 e. The molecule has 0 radical (unpaired) electrons. The highest BCUT2D eigenvalue weighted by Crippen LogP contribution is 2.27. The molecule has 8 nitrogen and oxygen atoms in total. The van der Waals surface area contributed by atoms with Crippen LogP contribution < -0.4 is 20.1 Å². The van der Waals surface area contributed by atoms with Gasteiger partial charge in [-0.3, -0.25) is 4.79 Å². The van der Waals surface area contributed by atoms with Crippen LogP contribution in [0.2, 0.25) is 0 Å². The minimum Gasteiger partial charge on any atom is -0.493 e. The number of nitrogens with one attached hydrogen (secondary N) is 2. The summed E-state index contributed by atoms with van der Waals surface area (Å²) in [7, 11) is 3.09. The minimum absolute atomic E-state index is 0.187. The van der Waals surface area contributed by atoms with Crippen LogP contribution in [0.4, 0.5) is 5.82 Å². The minimum atomic E-state index is -0.187. The van der Waals surface area contributed by atoms with Crippen LogP contribution in [0.1, 0.15) is 10.4 Å². The molecule has 0 saturated heterocycles. The fraction of sp³-hybridized carbons (Fsp3) is 0.211. The number of carbonyl (C=O) groups is 1. The van der Waals surface area contributed by atoms with Crippen molar-refractivity contribution < 1.29 is 14.3 Å². The van der Waals surface area contributed by atoms with Gasteiger partial charge in [0.1, 0.15) is 18.0 Å². The number of benzene rings is 1. The Labute approximate surface area is 157 Å². The molecule has 3 aromatic rings. The smallest absolute Gasteiger partial charge is 0.251 e. The zero-order valence-corrected chi connectivity index (χ0v) is 15.2. The Morgan fingerprint density at radius 2 is 1.81 bits per heavy atom. The summed E-state index contributed by atoms with van der Waals surface area (Å²) in [6.07, 6.45) is 5.32. The van der Waals surface area contributed by atoms with E-state index in [4.69, 9.17) is 9.47 Å². The summed E-state index contributed by atoms with van der Waals surface area (Å²) in [5.74, 6) is 2.37. The van der Waals surface area contributed by atoms with E-state index < -0.39 is 0 Å². The lowest BCUT2D eigenvalue weighted by atomic mass is 10.2. The summed E-state index contributed by atoms with van der Waals surface area (Å²) in [5, 5.41) is 6.02. The van der Waals surface area contributed by atoms with Gasteiger partial charge in [0, 0.05) is 37.1 Å². The van der Waals surface area contributed by atoms with Crippen LogP contribution in [-0.4, -0.2) is 47.8 Å². The van der Waals surface area contributed by atoms with E-state index in [-0.39, 0.29) is 5.91 Å². The number of amides is 1. The molecule has 27 heavy (non-hydrogen) atoms. The lowest BCUT2D eigenvalue weighted by Gasteiger charge is -2.11. The van der Waals surface area contributed by atoms with Crippen LogP contribution in [0.25, 0.3) is 5.82 Å². The first-order chi connectivity index (χ1) is 13.2. The largest absolute Gasteiger partial charge is 0.493 e. The van der Waals surface area contributed by atoms with Crippen molar-refractivity contribution >= 4 is 11.7 Å². The molecule has 140 valence electrons. The topological polar surface area (TPSA) is 90.3 Å². The summed E-state index contributed by atoms with van der Waals surface area (Å²) < 4.78 is 12.3. The van der Waals surface area contributed by atoms with Gasteiger partial charge >= 0.3 is 0 Å². The van der Waals surface area contributed by atoms with Gasteiger partial charge in [0.05, 0.1) is 14.2 Å². The molecule has 2 aromatic heterocycles. The summed E-state index contributed by atoms with van der Waals surface area (Å²) in [6, 6.07) is 10.7. The Morgan fingerprint density at radius 3 is 2.56 bits per heavy atom. The number of aromatic nitrogens is 3. The highest BCUT2D eigenvalue weighted by atomic mass is 16.5. The average molecular weight is 367 g/mol. The van der Waals surface area contributed by atoms with Crippen molar-refractivity contribution in [1.82, 2.24) is 19.9 Å². The Kier molecular flexibility index (Phi) is 5.88. The first-order valence-electron chi connectivity index (χ1n) is 8.40. The SMILES string of the molecule is COc1ccc(C(=O)NCCNc2cc(-n3cccc3)ncn2)cc1OC. The molecule has 1 aromatic carbocycles. The molecule has 0 aliphatic heterocycles. The van der Waals surface area contributed by atoms with Crippen molar-refractivity contribution in [2.24, 2.45) is 0 Å². The average Bonchev–Trinajstić information content (AvgIpc) is 3.25. The number of anilines is 1. The molecule has 3 rings (SSSR count). The van der Waals surface area contributed by atoms with Gasteiger partial charge in [0.25, 0.3) is 5.91 Å². The summed E-state index contributed by atoms with van der Waals surface area (Å²) in [5.41, 5.74) is 0.504. The molecule has 0 fully saturated rings. The first kappa shape index (κ1) is 18.2. The Hall–Kier alpha value is -3.55. The van der Waals surface area contributed by atoms with Gasteiger partial charge in [-0.2, -0.15) is 0 Å². The number of hydrogen-bond donors (Lipinski definition) is 2. The second-order valence-electron chi connectivity index (χ2n) is 5.60. The monoisotopic (exact) mass is 367 g/mol. The summed E-state index contributed by atoms with van der Waals surface area (Å²) >= 11 is 0. The lowest BCUT2D eigenvalue weighted by Crippen LogP contribution is -2.28. The summed E-state index contributed by atoms with van der Waals surface area (Å²) in [4.78, 5) is 20.7. The maximum atomic E-state index is 12.3. The van der Waals surface area contributed by atoms with Crippen molar-refractivity contribution in [3.05, 3.63) is 60.7 Å². The highest BCUT2D eigenvalue weighted by Gasteiger charge is 2.10. The number of nitrogens with zero attached hydrogens (tertiary/aromatic N) is 3. The molecule has 8 heteroatoms. The quantitative estimate of drug-likeness (QED) is 0.593. The van der Waals surface area contributed by atoms with Crippen LogP contribution in [0.3, 0.4) is 0 Å². The van der Waals surface area contributed by atoms with Gasteiger partial charge in [-0.1, -0.05) is 0 Å². The van der Waals surface area contributed by atoms with Crippen LogP contribution in [0, 0.1) is 0 Å². The van der Waals surface area contributed by atoms with E-state index in [0.29, 0.717) is 36.0 Å². The zero-order chi connectivity index (χ0) is 19.1. The first-order valence-corrected chi connectivity index (χ1v) is 8.40. The molecule has 0 unspecified atom stereocenters. The molecular formula is C19H21N5O3. The molecule has 2 N–H and O–H groups in total. The Morgan fingerprint density at radius 1 is 1.04 bits per heavy atom. The van der Waals surface area contributed by atoms with E-state index in [0.717, 1.165) is 5.82 Å². The van der Waals surface area contributed by atoms with E-state index in [1.54, 1.807) is 25.3 Å². The maximum absolute atomic E-state index is 12.3. The Bertz CT molecular complexity index is 896. The third-order valence-corrected chi connectivity index (χ3v) is 3.88. The third-order valence-electron chi connectivity index (χ3n) is 3.88. The molecule has 0 bridgehead atoms. The van der Waals surface area contributed by atoms with Gasteiger partial charge in [0.15, 0.2) is 11.5 Å². The van der Waals surface area contributed by atoms with Gasteiger partial charge in [0.2, 0.25) is 0 Å². The number of methoxy groups -OCH3 is 2. The number of rotatable bonds is 8.